The first kappa shape index (κ1) is 20.4. The number of methoxy groups -OCH3 is 1. The van der Waals surface area contributed by atoms with Crippen LogP contribution in [0.4, 0.5) is 0 Å². The molecule has 7 nitrogen and oxygen atoms in total. The van der Waals surface area contributed by atoms with Crippen molar-refractivity contribution in [1.29, 1.82) is 0 Å². The second kappa shape index (κ2) is 9.73. The molecule has 1 heterocycles. The SMILES string of the molecule is CCOC(=O)Cn1c(CCNC(=O)Cc2ccc(OC)cc2)nc2ccccc21. The summed E-state index contributed by atoms with van der Waals surface area (Å²) in [5, 5.41) is 2.92. The zero-order valence-electron chi connectivity index (χ0n) is 16.7. The van der Waals surface area contributed by atoms with E-state index in [1.165, 1.54) is 0 Å². The molecule has 2 aromatic carbocycles. The second-order valence-electron chi connectivity index (χ2n) is 6.53. The van der Waals surface area contributed by atoms with Crippen LogP contribution in [-0.4, -0.2) is 41.7 Å². The number of rotatable bonds is 9. The minimum atomic E-state index is -0.305. The van der Waals surface area contributed by atoms with Gasteiger partial charge in [-0.25, -0.2) is 4.98 Å². The van der Waals surface area contributed by atoms with E-state index >= 15 is 0 Å². The van der Waals surface area contributed by atoms with E-state index in [0.29, 0.717) is 26.0 Å². The monoisotopic (exact) mass is 395 g/mol. The van der Waals surface area contributed by atoms with E-state index in [1.807, 2.05) is 53.1 Å². The molecule has 3 aromatic rings. The van der Waals surface area contributed by atoms with Gasteiger partial charge in [-0.15, -0.1) is 0 Å². The molecule has 0 fully saturated rings. The quantitative estimate of drug-likeness (QED) is 0.563. The molecule has 0 aliphatic heterocycles. The van der Waals surface area contributed by atoms with Gasteiger partial charge < -0.3 is 19.4 Å². The smallest absolute Gasteiger partial charge is 0.326 e. The molecule has 0 aliphatic carbocycles. The molecular formula is C22H25N3O4. The van der Waals surface area contributed by atoms with Crippen LogP contribution in [0.3, 0.4) is 0 Å². The standard InChI is InChI=1S/C22H25N3O4/c1-3-29-22(27)15-25-19-7-5-4-6-18(19)24-20(25)12-13-23-21(26)14-16-8-10-17(28-2)11-9-16/h4-11H,3,12-15H2,1-2H3,(H,23,26). The fourth-order valence-electron chi connectivity index (χ4n) is 3.13. The Kier molecular flexibility index (Phi) is 6.84. The number of fused-ring (bicyclic) bond motifs is 1. The third-order valence-corrected chi connectivity index (χ3v) is 4.52. The number of aromatic nitrogens is 2. The predicted octanol–water partition coefficient (Wildman–Crippen LogP) is 2.51. The summed E-state index contributed by atoms with van der Waals surface area (Å²) in [5.41, 5.74) is 2.61. The number of esters is 1. The molecule has 152 valence electrons. The maximum atomic E-state index is 12.2. The summed E-state index contributed by atoms with van der Waals surface area (Å²) in [6.07, 6.45) is 0.811. The molecule has 0 radical (unpaired) electrons. The highest BCUT2D eigenvalue weighted by molar-refractivity contribution is 5.79. The van der Waals surface area contributed by atoms with Crippen LogP contribution >= 0.6 is 0 Å². The highest BCUT2D eigenvalue weighted by Crippen LogP contribution is 2.16. The Morgan fingerprint density at radius 3 is 2.59 bits per heavy atom. The summed E-state index contributed by atoms with van der Waals surface area (Å²) in [5.74, 6) is 1.13. The molecular weight excluding hydrogens is 370 g/mol. The Morgan fingerprint density at radius 2 is 1.86 bits per heavy atom. The van der Waals surface area contributed by atoms with Crippen molar-refractivity contribution in [3.8, 4) is 5.75 Å². The molecule has 1 N–H and O–H groups in total. The molecule has 29 heavy (non-hydrogen) atoms. The number of nitrogens with zero attached hydrogens (tertiary/aromatic N) is 2. The van der Waals surface area contributed by atoms with Crippen molar-refractivity contribution < 1.29 is 19.1 Å². The van der Waals surface area contributed by atoms with E-state index in [4.69, 9.17) is 9.47 Å². The van der Waals surface area contributed by atoms with Gasteiger partial charge in [0, 0.05) is 13.0 Å². The highest BCUT2D eigenvalue weighted by atomic mass is 16.5. The minimum absolute atomic E-state index is 0.0665. The van der Waals surface area contributed by atoms with Crippen LogP contribution in [0.5, 0.6) is 5.75 Å². The molecule has 0 unspecified atom stereocenters. The molecule has 0 saturated carbocycles. The van der Waals surface area contributed by atoms with Crippen molar-refractivity contribution in [3.63, 3.8) is 0 Å². The number of hydrogen-bond acceptors (Lipinski definition) is 5. The summed E-state index contributed by atoms with van der Waals surface area (Å²) >= 11 is 0. The van der Waals surface area contributed by atoms with Crippen LogP contribution in [0.1, 0.15) is 18.3 Å². The second-order valence-corrected chi connectivity index (χ2v) is 6.53. The number of benzene rings is 2. The van der Waals surface area contributed by atoms with Gasteiger partial charge in [0.25, 0.3) is 0 Å². The van der Waals surface area contributed by atoms with Gasteiger partial charge in [0.05, 0.1) is 31.2 Å². The van der Waals surface area contributed by atoms with Gasteiger partial charge in [0.2, 0.25) is 5.91 Å². The normalized spacial score (nSPS) is 10.7. The molecule has 1 aromatic heterocycles. The first-order chi connectivity index (χ1) is 14.1. The van der Waals surface area contributed by atoms with Crippen molar-refractivity contribution >= 4 is 22.9 Å². The maximum absolute atomic E-state index is 12.2. The molecule has 0 aliphatic rings. The van der Waals surface area contributed by atoms with Crippen LogP contribution in [0.2, 0.25) is 0 Å². The molecule has 3 rings (SSSR count). The largest absolute Gasteiger partial charge is 0.497 e. The van der Waals surface area contributed by atoms with Crippen LogP contribution in [0.25, 0.3) is 11.0 Å². The number of imidazole rings is 1. The fourth-order valence-corrected chi connectivity index (χ4v) is 3.13. The number of nitrogens with one attached hydrogen (secondary N) is 1. The molecule has 0 atom stereocenters. The molecule has 0 saturated heterocycles. The molecule has 1 amide bonds. The summed E-state index contributed by atoms with van der Waals surface area (Å²) in [7, 11) is 1.61. The van der Waals surface area contributed by atoms with Gasteiger partial charge in [0.15, 0.2) is 0 Å². The Bertz CT molecular complexity index is 979. The lowest BCUT2D eigenvalue weighted by atomic mass is 10.1. The third kappa shape index (κ3) is 5.34. The summed E-state index contributed by atoms with van der Waals surface area (Å²) in [4.78, 5) is 28.8. The van der Waals surface area contributed by atoms with Crippen molar-refractivity contribution in [2.45, 2.75) is 26.3 Å². The van der Waals surface area contributed by atoms with E-state index in [9.17, 15) is 9.59 Å². The minimum Gasteiger partial charge on any atom is -0.497 e. The van der Waals surface area contributed by atoms with Gasteiger partial charge in [-0.3, -0.25) is 9.59 Å². The van der Waals surface area contributed by atoms with Crippen molar-refractivity contribution in [1.82, 2.24) is 14.9 Å². The summed E-state index contributed by atoms with van der Waals surface area (Å²) in [6.45, 7) is 2.65. The van der Waals surface area contributed by atoms with E-state index in [1.54, 1.807) is 14.0 Å². The molecule has 0 spiro atoms. The van der Waals surface area contributed by atoms with Crippen LogP contribution in [0, 0.1) is 0 Å². The Labute approximate surface area is 169 Å². The number of carbonyl (C=O) groups is 2. The predicted molar refractivity (Wildman–Crippen MR) is 110 cm³/mol. The fraction of sp³-hybridized carbons (Fsp3) is 0.318. The molecule has 0 bridgehead atoms. The van der Waals surface area contributed by atoms with Crippen LogP contribution in [0.15, 0.2) is 48.5 Å². The average molecular weight is 395 g/mol. The summed E-state index contributed by atoms with van der Waals surface area (Å²) in [6, 6.07) is 15.1. The Morgan fingerprint density at radius 1 is 1.10 bits per heavy atom. The number of para-hydroxylation sites is 2. The highest BCUT2D eigenvalue weighted by Gasteiger charge is 2.14. The number of carbonyl (C=O) groups excluding carboxylic acids is 2. The molecule has 7 heteroatoms. The zero-order valence-corrected chi connectivity index (χ0v) is 16.7. The van der Waals surface area contributed by atoms with Gasteiger partial charge in [-0.1, -0.05) is 24.3 Å². The van der Waals surface area contributed by atoms with E-state index < -0.39 is 0 Å². The lowest BCUT2D eigenvalue weighted by molar-refractivity contribution is -0.143. The lowest BCUT2D eigenvalue weighted by Crippen LogP contribution is -2.28. The number of ether oxygens (including phenoxy) is 2. The third-order valence-electron chi connectivity index (χ3n) is 4.52. The zero-order chi connectivity index (χ0) is 20.6. The van der Waals surface area contributed by atoms with Crippen molar-refractivity contribution in [2.24, 2.45) is 0 Å². The maximum Gasteiger partial charge on any atom is 0.326 e. The Hall–Kier alpha value is -3.35. The summed E-state index contributed by atoms with van der Waals surface area (Å²) < 4.78 is 12.1. The van der Waals surface area contributed by atoms with Crippen molar-refractivity contribution in [2.75, 3.05) is 20.3 Å². The van der Waals surface area contributed by atoms with E-state index in [-0.39, 0.29) is 18.4 Å². The average Bonchev–Trinajstić information content (AvgIpc) is 3.06. The van der Waals surface area contributed by atoms with E-state index in [2.05, 4.69) is 10.3 Å². The van der Waals surface area contributed by atoms with Gasteiger partial charge in [-0.2, -0.15) is 0 Å². The number of amides is 1. The lowest BCUT2D eigenvalue weighted by Gasteiger charge is -2.10. The van der Waals surface area contributed by atoms with Crippen molar-refractivity contribution in [3.05, 3.63) is 59.9 Å². The van der Waals surface area contributed by atoms with Crippen LogP contribution in [-0.2, 0) is 33.7 Å². The first-order valence-corrected chi connectivity index (χ1v) is 9.60. The van der Waals surface area contributed by atoms with Gasteiger partial charge >= 0.3 is 5.97 Å². The number of hydrogen-bond donors (Lipinski definition) is 1. The van der Waals surface area contributed by atoms with Crippen LogP contribution < -0.4 is 10.1 Å². The van der Waals surface area contributed by atoms with Gasteiger partial charge in [0.1, 0.15) is 18.1 Å². The van der Waals surface area contributed by atoms with Gasteiger partial charge in [-0.05, 0) is 36.8 Å². The van der Waals surface area contributed by atoms with E-state index in [0.717, 1.165) is 28.2 Å². The first-order valence-electron chi connectivity index (χ1n) is 9.60. The topological polar surface area (TPSA) is 82.5 Å². The Balaban J connectivity index is 1.62.